The Bertz CT molecular complexity index is 2470. The number of H-pyrrole nitrogens is 1. The number of aromatic nitrogens is 6. The van der Waals surface area contributed by atoms with E-state index in [1.165, 1.54) is 27.3 Å². The first-order valence-corrected chi connectivity index (χ1v) is 18.9. The van der Waals surface area contributed by atoms with Crippen molar-refractivity contribution in [3.05, 3.63) is 126 Å². The molecule has 0 radical (unpaired) electrons. The largest absolute Gasteiger partial charge is 0.493 e. The van der Waals surface area contributed by atoms with Gasteiger partial charge in [0, 0.05) is 71.3 Å². The minimum Gasteiger partial charge on any atom is -0.493 e. The normalized spacial score (nSPS) is 13.6. The van der Waals surface area contributed by atoms with Crippen LogP contribution in [0.5, 0.6) is 5.75 Å². The summed E-state index contributed by atoms with van der Waals surface area (Å²) in [4.78, 5) is 49.7. The van der Waals surface area contributed by atoms with Gasteiger partial charge in [-0.2, -0.15) is 0 Å². The van der Waals surface area contributed by atoms with E-state index in [1.807, 2.05) is 55.5 Å². The van der Waals surface area contributed by atoms with E-state index in [4.69, 9.17) is 26.1 Å². The van der Waals surface area contributed by atoms with Gasteiger partial charge in [0.05, 0.1) is 29.7 Å². The number of nitrogens with zero attached hydrogens (tertiary/aromatic N) is 6. The van der Waals surface area contributed by atoms with Crippen LogP contribution in [0.4, 0.5) is 0 Å². The minimum absolute atomic E-state index is 0.0519. The third-order valence-electron chi connectivity index (χ3n) is 9.23. The van der Waals surface area contributed by atoms with Gasteiger partial charge >= 0.3 is 5.69 Å². The van der Waals surface area contributed by atoms with Gasteiger partial charge in [0.15, 0.2) is 5.82 Å². The van der Waals surface area contributed by atoms with Crippen molar-refractivity contribution in [3.63, 3.8) is 0 Å². The van der Waals surface area contributed by atoms with E-state index in [0.29, 0.717) is 62.1 Å². The maximum absolute atomic E-state index is 12.9. The number of aryl methyl sites for hydroxylation is 2. The summed E-state index contributed by atoms with van der Waals surface area (Å²) < 4.78 is 15.1. The predicted molar refractivity (Wildman–Crippen MR) is 209 cm³/mol. The number of nitrogens with one attached hydrogen (secondary N) is 2. The van der Waals surface area contributed by atoms with Crippen LogP contribution in [-0.2, 0) is 9.53 Å². The first-order valence-electron chi connectivity index (χ1n) is 17.7. The Kier molecular flexibility index (Phi) is 11.1. The molecule has 7 rings (SSSR count). The highest BCUT2D eigenvalue weighted by molar-refractivity contribution is 7.15. The van der Waals surface area contributed by atoms with E-state index in [2.05, 4.69) is 43.9 Å². The van der Waals surface area contributed by atoms with Crippen LogP contribution in [-0.4, -0.2) is 67.3 Å². The lowest BCUT2D eigenvalue weighted by Crippen LogP contribution is -2.27. The fraction of sp³-hybridized carbons (Fsp3) is 0.308. The Labute approximate surface area is 319 Å². The Morgan fingerprint density at radius 2 is 1.81 bits per heavy atom. The molecule has 0 aliphatic carbocycles. The number of thiophene rings is 1. The molecule has 0 fully saturated rings. The summed E-state index contributed by atoms with van der Waals surface area (Å²) in [5, 5.41) is 14.4. The molecule has 2 aromatic carbocycles. The monoisotopic (exact) mass is 766 g/mol. The lowest BCUT2D eigenvalue weighted by molar-refractivity contribution is -0.121. The number of aromatic amines is 1. The highest BCUT2D eigenvalue weighted by Crippen LogP contribution is 2.40. The van der Waals surface area contributed by atoms with E-state index in [1.54, 1.807) is 17.5 Å². The number of pyridine rings is 1. The Morgan fingerprint density at radius 1 is 1.00 bits per heavy atom. The van der Waals surface area contributed by atoms with Crippen molar-refractivity contribution < 1.29 is 14.3 Å². The molecule has 4 aromatic heterocycles. The highest BCUT2D eigenvalue weighted by atomic mass is 35.5. The predicted octanol–water partition coefficient (Wildman–Crippen LogP) is 5.96. The maximum Gasteiger partial charge on any atom is 0.332 e. The molecule has 1 aliphatic heterocycles. The second-order valence-electron chi connectivity index (χ2n) is 13.0. The van der Waals surface area contributed by atoms with Gasteiger partial charge in [-0.3, -0.25) is 33.7 Å². The van der Waals surface area contributed by atoms with Crippen molar-refractivity contribution in [2.45, 2.75) is 52.5 Å². The molecule has 13 nitrogen and oxygen atoms in total. The zero-order valence-electron chi connectivity index (χ0n) is 30.1. The number of carbonyl (C=O) groups is 1. The molecule has 1 atom stereocenters. The molecule has 2 N–H and O–H groups in total. The van der Waals surface area contributed by atoms with Gasteiger partial charge in [-0.25, -0.2) is 4.79 Å². The second-order valence-corrected chi connectivity index (χ2v) is 14.6. The van der Waals surface area contributed by atoms with Gasteiger partial charge in [-0.1, -0.05) is 23.7 Å². The van der Waals surface area contributed by atoms with Crippen molar-refractivity contribution in [1.29, 1.82) is 0 Å². The first kappa shape index (κ1) is 36.9. The van der Waals surface area contributed by atoms with Crippen LogP contribution in [0.3, 0.4) is 0 Å². The van der Waals surface area contributed by atoms with E-state index >= 15 is 0 Å². The number of rotatable bonds is 14. The van der Waals surface area contributed by atoms with Crippen molar-refractivity contribution in [2.75, 3.05) is 26.4 Å². The van der Waals surface area contributed by atoms with Gasteiger partial charge in [-0.15, -0.1) is 21.5 Å². The number of fused-ring (bicyclic) bond motifs is 4. The molecule has 1 aliphatic rings. The summed E-state index contributed by atoms with van der Waals surface area (Å²) >= 11 is 7.93. The van der Waals surface area contributed by atoms with Gasteiger partial charge in [0.1, 0.15) is 22.6 Å². The number of aliphatic imine (C=N–C) groups is 1. The van der Waals surface area contributed by atoms with Crippen LogP contribution in [0.15, 0.2) is 81.6 Å². The lowest BCUT2D eigenvalue weighted by Gasteiger charge is -2.13. The number of hydrogen-bond donors (Lipinski definition) is 2. The fourth-order valence-corrected chi connectivity index (χ4v) is 7.68. The van der Waals surface area contributed by atoms with E-state index in [-0.39, 0.29) is 18.4 Å². The molecule has 6 aromatic rings. The van der Waals surface area contributed by atoms with E-state index in [0.717, 1.165) is 44.4 Å². The van der Waals surface area contributed by atoms with Gasteiger partial charge in [0.2, 0.25) is 5.91 Å². The number of carbonyl (C=O) groups excluding carboxylic acids is 1. The third kappa shape index (κ3) is 8.05. The Morgan fingerprint density at radius 3 is 2.63 bits per heavy atom. The van der Waals surface area contributed by atoms with E-state index in [9.17, 15) is 14.4 Å². The molecule has 0 spiro atoms. The van der Waals surface area contributed by atoms with Crippen molar-refractivity contribution >= 4 is 45.5 Å². The van der Waals surface area contributed by atoms with Gasteiger partial charge in [-0.05, 0) is 75.6 Å². The number of benzene rings is 2. The zero-order chi connectivity index (χ0) is 37.8. The third-order valence-corrected chi connectivity index (χ3v) is 10.7. The molecule has 15 heteroatoms. The molecule has 0 bridgehead atoms. The number of hydrogen-bond acceptors (Lipinski definition) is 10. The zero-order valence-corrected chi connectivity index (χ0v) is 31.7. The fourth-order valence-electron chi connectivity index (χ4n) is 6.34. The molecular formula is C39H39ClN8O5S. The quantitative estimate of drug-likeness (QED) is 0.129. The molecule has 1 amide bonds. The number of halogens is 1. The molecule has 5 heterocycles. The topological polar surface area (TPSA) is 158 Å². The van der Waals surface area contributed by atoms with Gasteiger partial charge < -0.3 is 14.8 Å². The van der Waals surface area contributed by atoms with Crippen LogP contribution >= 0.6 is 22.9 Å². The maximum atomic E-state index is 12.9. The molecule has 1 unspecified atom stereocenters. The van der Waals surface area contributed by atoms with Crippen LogP contribution in [0, 0.1) is 20.8 Å². The summed E-state index contributed by atoms with van der Waals surface area (Å²) in [5.74, 6) is 2.14. The standard InChI is InChI=1S/C39H39ClN8O5S/c1-23-24(2)54-38-35(23)36(26-6-8-28(40)9-7-26)43-32(37-46-45-25(3)48(37)38)12-13-33(49)41-15-4-17-52-18-5-19-53-30-10-11-31-27(21-30)20-29(22-42-31)47-16-14-34(50)44-39(47)51/h6-11,14,16,20-22,32H,4-5,12-13,15,17-19H2,1-3H3,(H,41,49)(H,44,50,51). The van der Waals surface area contributed by atoms with Crippen molar-refractivity contribution in [1.82, 2.24) is 34.6 Å². The molecular weight excluding hydrogens is 728 g/mol. The molecule has 0 saturated carbocycles. The first-order chi connectivity index (χ1) is 26.2. The van der Waals surface area contributed by atoms with Crippen LogP contribution < -0.4 is 21.3 Å². The summed E-state index contributed by atoms with van der Waals surface area (Å²) in [6, 6.07) is 16.0. The number of amides is 1. The summed E-state index contributed by atoms with van der Waals surface area (Å²) in [5.41, 5.74) is 4.35. The molecule has 278 valence electrons. The second kappa shape index (κ2) is 16.3. The average Bonchev–Trinajstić information content (AvgIpc) is 3.63. The Hall–Kier alpha value is -5.44. The Balaban J connectivity index is 0.863. The minimum atomic E-state index is -0.534. The average molecular weight is 767 g/mol. The lowest BCUT2D eigenvalue weighted by atomic mass is 9.99. The molecule has 54 heavy (non-hydrogen) atoms. The molecule has 0 saturated heterocycles. The SMILES string of the molecule is Cc1sc2c(c1C)C(c1ccc(Cl)cc1)=NC(CCC(=O)NCCCOCCCOc1ccc3ncc(-n4ccc(=O)[nH]c4=O)cc3c1)c1nnc(C)n1-2. The summed E-state index contributed by atoms with van der Waals surface area (Å²) in [7, 11) is 0. The smallest absolute Gasteiger partial charge is 0.332 e. The van der Waals surface area contributed by atoms with E-state index < -0.39 is 11.2 Å². The summed E-state index contributed by atoms with van der Waals surface area (Å²) in [6.45, 7) is 8.16. The van der Waals surface area contributed by atoms with Gasteiger partial charge in [0.25, 0.3) is 5.56 Å². The van der Waals surface area contributed by atoms with Crippen LogP contribution in [0.25, 0.3) is 21.6 Å². The number of ether oxygens (including phenoxy) is 2. The van der Waals surface area contributed by atoms with Crippen LogP contribution in [0.2, 0.25) is 5.02 Å². The van der Waals surface area contributed by atoms with Crippen LogP contribution in [0.1, 0.15) is 64.9 Å². The van der Waals surface area contributed by atoms with Crippen molar-refractivity contribution in [3.8, 4) is 16.4 Å². The summed E-state index contributed by atoms with van der Waals surface area (Å²) in [6.07, 6.45) is 5.13. The highest BCUT2D eigenvalue weighted by Gasteiger charge is 2.31. The van der Waals surface area contributed by atoms with Crippen molar-refractivity contribution in [2.24, 2.45) is 4.99 Å².